The van der Waals surface area contributed by atoms with E-state index in [1.54, 1.807) is 35.1 Å². The average molecular weight is 449 g/mol. The highest BCUT2D eigenvalue weighted by atomic mass is 32.1. The molecule has 0 bridgehead atoms. The van der Waals surface area contributed by atoms with Crippen LogP contribution in [-0.4, -0.2) is 44.6 Å². The predicted molar refractivity (Wildman–Crippen MR) is 129 cm³/mol. The highest BCUT2D eigenvalue weighted by molar-refractivity contribution is 7.09. The lowest BCUT2D eigenvalue weighted by Crippen LogP contribution is -2.57. The lowest BCUT2D eigenvalue weighted by Gasteiger charge is -2.47. The standard InChI is InChI=1S/C24H28N6OS/c1-14-12-30(20-10-22(31)28(5)19-8-9-21(25-4)27-23(19)20)15(2)11-29(14)16(3)24-26-18(13-32-24)17-6-7-17/h8-10,13-17H,6-7,11-12H2,1-3,5H3/t14-,15+,16?/m1/s1. The van der Waals surface area contributed by atoms with E-state index < -0.39 is 0 Å². The number of aromatic nitrogens is 3. The van der Waals surface area contributed by atoms with Crippen molar-refractivity contribution in [3.05, 3.63) is 56.1 Å². The first kappa shape index (κ1) is 21.1. The van der Waals surface area contributed by atoms with Gasteiger partial charge < -0.3 is 14.3 Å². The first-order chi connectivity index (χ1) is 15.4. The monoisotopic (exact) mass is 448 g/mol. The number of pyridine rings is 2. The second-order valence-corrected chi connectivity index (χ2v) is 10.1. The number of piperazine rings is 1. The van der Waals surface area contributed by atoms with Crippen LogP contribution < -0.4 is 10.5 Å². The Hall–Kier alpha value is -2.76. The quantitative estimate of drug-likeness (QED) is 0.551. The van der Waals surface area contributed by atoms with Crippen LogP contribution >= 0.6 is 11.3 Å². The Labute approximate surface area is 192 Å². The summed E-state index contributed by atoms with van der Waals surface area (Å²) in [5, 5.41) is 3.43. The molecule has 0 spiro atoms. The third kappa shape index (κ3) is 3.59. The van der Waals surface area contributed by atoms with Crippen LogP contribution in [0, 0.1) is 6.57 Å². The van der Waals surface area contributed by atoms with Crippen molar-refractivity contribution in [1.82, 2.24) is 19.4 Å². The van der Waals surface area contributed by atoms with Gasteiger partial charge >= 0.3 is 0 Å². The van der Waals surface area contributed by atoms with Crippen molar-refractivity contribution < 1.29 is 0 Å². The number of hydrogen-bond acceptors (Lipinski definition) is 6. The summed E-state index contributed by atoms with van der Waals surface area (Å²) in [7, 11) is 1.75. The normalized spacial score (nSPS) is 22.8. The number of fused-ring (bicyclic) bond motifs is 1. The molecule has 0 N–H and O–H groups in total. The molecule has 8 heteroatoms. The van der Waals surface area contributed by atoms with Crippen LogP contribution in [0.15, 0.2) is 28.4 Å². The average Bonchev–Trinajstić information content (AvgIpc) is 3.53. The minimum Gasteiger partial charge on any atom is -0.362 e. The molecular formula is C24H28N6OS. The van der Waals surface area contributed by atoms with Crippen molar-refractivity contribution in [1.29, 1.82) is 0 Å². The van der Waals surface area contributed by atoms with E-state index in [4.69, 9.17) is 11.6 Å². The summed E-state index contributed by atoms with van der Waals surface area (Å²) < 4.78 is 1.60. The summed E-state index contributed by atoms with van der Waals surface area (Å²) in [4.78, 5) is 30.5. The van der Waals surface area contributed by atoms with Gasteiger partial charge in [-0.05, 0) is 45.7 Å². The van der Waals surface area contributed by atoms with Gasteiger partial charge in [-0.25, -0.2) is 4.98 Å². The molecule has 32 heavy (non-hydrogen) atoms. The predicted octanol–water partition coefficient (Wildman–Crippen LogP) is 4.48. The summed E-state index contributed by atoms with van der Waals surface area (Å²) in [5.41, 5.74) is 3.51. The molecule has 1 saturated heterocycles. The molecule has 0 amide bonds. The lowest BCUT2D eigenvalue weighted by atomic mass is 10.0. The summed E-state index contributed by atoms with van der Waals surface area (Å²) in [6.45, 7) is 15.7. The largest absolute Gasteiger partial charge is 0.362 e. The molecule has 2 fully saturated rings. The van der Waals surface area contributed by atoms with Crippen molar-refractivity contribution >= 4 is 33.9 Å². The molecule has 7 nitrogen and oxygen atoms in total. The Balaban J connectivity index is 1.45. The number of anilines is 1. The molecule has 2 aliphatic rings. The van der Waals surface area contributed by atoms with Crippen LogP contribution in [0.5, 0.6) is 0 Å². The lowest BCUT2D eigenvalue weighted by molar-refractivity contribution is 0.119. The molecule has 166 valence electrons. The van der Waals surface area contributed by atoms with Crippen LogP contribution in [0.3, 0.4) is 0 Å². The van der Waals surface area contributed by atoms with Crippen molar-refractivity contribution in [2.45, 2.75) is 57.7 Å². The molecule has 0 radical (unpaired) electrons. The van der Waals surface area contributed by atoms with E-state index in [1.165, 1.54) is 23.5 Å². The van der Waals surface area contributed by atoms with Gasteiger partial charge in [-0.15, -0.1) is 16.3 Å². The van der Waals surface area contributed by atoms with Gasteiger partial charge in [0.15, 0.2) is 0 Å². The highest BCUT2D eigenvalue weighted by Crippen LogP contribution is 2.41. The maximum Gasteiger partial charge on any atom is 0.270 e. The number of aryl methyl sites for hydroxylation is 1. The zero-order valence-electron chi connectivity index (χ0n) is 18.9. The van der Waals surface area contributed by atoms with E-state index in [2.05, 4.69) is 45.8 Å². The third-order valence-corrected chi connectivity index (χ3v) is 7.94. The Morgan fingerprint density at radius 3 is 2.69 bits per heavy atom. The maximum atomic E-state index is 12.7. The Morgan fingerprint density at radius 2 is 1.97 bits per heavy atom. The maximum absolute atomic E-state index is 12.7. The molecule has 1 unspecified atom stereocenters. The van der Waals surface area contributed by atoms with Crippen LogP contribution in [0.4, 0.5) is 11.5 Å². The van der Waals surface area contributed by atoms with Crippen molar-refractivity contribution in [3.63, 3.8) is 0 Å². The van der Waals surface area contributed by atoms with Gasteiger partial charge in [0, 0.05) is 49.6 Å². The number of hydrogen-bond donors (Lipinski definition) is 0. The number of nitrogens with zero attached hydrogens (tertiary/aromatic N) is 6. The number of rotatable bonds is 4. The van der Waals surface area contributed by atoms with E-state index in [9.17, 15) is 4.79 Å². The van der Waals surface area contributed by atoms with E-state index >= 15 is 0 Å². The molecule has 1 aliphatic heterocycles. The van der Waals surface area contributed by atoms with Crippen LogP contribution in [0.2, 0.25) is 0 Å². The van der Waals surface area contributed by atoms with Crippen molar-refractivity contribution in [2.24, 2.45) is 7.05 Å². The molecular weight excluding hydrogens is 420 g/mol. The second-order valence-electron chi connectivity index (χ2n) is 9.18. The van der Waals surface area contributed by atoms with E-state index in [-0.39, 0.29) is 23.7 Å². The summed E-state index contributed by atoms with van der Waals surface area (Å²) >= 11 is 1.78. The topological polar surface area (TPSA) is 58.6 Å². The van der Waals surface area contributed by atoms with Gasteiger partial charge in [-0.2, -0.15) is 0 Å². The smallest absolute Gasteiger partial charge is 0.270 e. The Kier molecular flexibility index (Phi) is 5.26. The van der Waals surface area contributed by atoms with Gasteiger partial charge in [0.1, 0.15) is 5.01 Å². The zero-order valence-corrected chi connectivity index (χ0v) is 19.8. The first-order valence-electron chi connectivity index (χ1n) is 11.2. The van der Waals surface area contributed by atoms with Gasteiger partial charge in [0.2, 0.25) is 5.52 Å². The molecule has 0 aromatic carbocycles. The molecule has 4 heterocycles. The molecule has 1 aliphatic carbocycles. The van der Waals surface area contributed by atoms with Gasteiger partial charge in [0.05, 0.1) is 22.9 Å². The minimum atomic E-state index is -0.0593. The number of thiazole rings is 1. The third-order valence-electron chi connectivity index (χ3n) is 6.90. The first-order valence-corrected chi connectivity index (χ1v) is 12.1. The van der Waals surface area contributed by atoms with Crippen LogP contribution in [0.1, 0.15) is 56.3 Å². The molecule has 5 rings (SSSR count). The SMILES string of the molecule is [C-]#[N+]c1ccc2c(n1)c(N1C[C@@H](C)N(C(C)c3nc(C4CC4)cs3)C[C@@H]1C)cc(=O)n2C. The fourth-order valence-corrected chi connectivity index (χ4v) is 5.79. The molecule has 3 atom stereocenters. The second kappa shape index (κ2) is 7.98. The Bertz CT molecular complexity index is 1270. The van der Waals surface area contributed by atoms with E-state index in [0.29, 0.717) is 11.7 Å². The van der Waals surface area contributed by atoms with Crippen LogP contribution in [-0.2, 0) is 7.05 Å². The fourth-order valence-electron chi connectivity index (χ4n) is 4.81. The van der Waals surface area contributed by atoms with Gasteiger partial charge in [-0.3, -0.25) is 9.69 Å². The van der Waals surface area contributed by atoms with Crippen LogP contribution in [0.25, 0.3) is 15.9 Å². The van der Waals surface area contributed by atoms with Gasteiger partial charge in [-0.1, -0.05) is 6.57 Å². The van der Waals surface area contributed by atoms with Crippen molar-refractivity contribution in [3.8, 4) is 0 Å². The van der Waals surface area contributed by atoms with Gasteiger partial charge in [0.25, 0.3) is 11.4 Å². The zero-order chi connectivity index (χ0) is 22.6. The summed E-state index contributed by atoms with van der Waals surface area (Å²) in [6, 6.07) is 5.93. The highest BCUT2D eigenvalue weighted by Gasteiger charge is 2.35. The van der Waals surface area contributed by atoms with E-state index in [1.807, 2.05) is 6.07 Å². The minimum absolute atomic E-state index is 0.0593. The fraction of sp³-hybridized carbons (Fsp3) is 0.500. The molecule has 1 saturated carbocycles. The summed E-state index contributed by atoms with van der Waals surface area (Å²) in [5.74, 6) is 1.03. The molecule has 3 aromatic heterocycles. The Morgan fingerprint density at radius 1 is 1.19 bits per heavy atom. The van der Waals surface area contributed by atoms with E-state index in [0.717, 1.165) is 29.8 Å². The molecule has 3 aromatic rings. The summed E-state index contributed by atoms with van der Waals surface area (Å²) in [6.07, 6.45) is 2.55. The van der Waals surface area contributed by atoms with Crippen molar-refractivity contribution in [2.75, 3.05) is 18.0 Å².